The van der Waals surface area contributed by atoms with Crippen molar-refractivity contribution in [2.75, 3.05) is 26.7 Å². The molecule has 0 aromatic carbocycles. The minimum Gasteiger partial charge on any atom is -0.381 e. The van der Waals surface area contributed by atoms with Crippen LogP contribution < -0.4 is 0 Å². The van der Waals surface area contributed by atoms with Crippen molar-refractivity contribution in [1.29, 1.82) is 0 Å². The highest BCUT2D eigenvalue weighted by atomic mass is 16.5. The van der Waals surface area contributed by atoms with Gasteiger partial charge in [0, 0.05) is 38.1 Å². The lowest BCUT2D eigenvalue weighted by Gasteiger charge is -2.32. The van der Waals surface area contributed by atoms with E-state index in [2.05, 4.69) is 18.7 Å². The van der Waals surface area contributed by atoms with Crippen LogP contribution in [0.2, 0.25) is 0 Å². The smallest absolute Gasteiger partial charge is 0.142 e. The molecule has 2 aliphatic rings. The van der Waals surface area contributed by atoms with Gasteiger partial charge in [0.1, 0.15) is 5.78 Å². The van der Waals surface area contributed by atoms with E-state index in [0.29, 0.717) is 11.9 Å². The summed E-state index contributed by atoms with van der Waals surface area (Å²) in [6.07, 6.45) is 4.80. The summed E-state index contributed by atoms with van der Waals surface area (Å²) in [6, 6.07) is 0. The van der Waals surface area contributed by atoms with Crippen molar-refractivity contribution in [2.24, 2.45) is 11.3 Å². The summed E-state index contributed by atoms with van der Waals surface area (Å²) in [5.74, 6) is 0.760. The number of hydrogen-bond acceptors (Lipinski definition) is 3. The molecule has 1 aliphatic carbocycles. The fourth-order valence-electron chi connectivity index (χ4n) is 3.16. The van der Waals surface area contributed by atoms with E-state index in [-0.39, 0.29) is 11.3 Å². The van der Waals surface area contributed by atoms with Crippen LogP contribution in [-0.4, -0.2) is 43.5 Å². The lowest BCUT2D eigenvalue weighted by atomic mass is 9.89. The minimum atomic E-state index is -0.0739. The zero-order valence-corrected chi connectivity index (χ0v) is 11.4. The molecule has 1 heterocycles. The molecule has 3 nitrogen and oxygen atoms in total. The SMILES string of the molecule is COC1CCN(CC2CCC(C)(C)C2=O)CC1. The number of likely N-dealkylation sites (tertiary alicyclic amines) is 1. The topological polar surface area (TPSA) is 29.5 Å². The summed E-state index contributed by atoms with van der Waals surface area (Å²) in [4.78, 5) is 14.6. The molecule has 0 aromatic rings. The molecule has 0 bridgehead atoms. The molecule has 0 amide bonds. The number of carbonyl (C=O) groups excluding carboxylic acids is 1. The number of Topliss-reactive ketones (excluding diaryl/α,β-unsaturated/α-hetero) is 1. The largest absolute Gasteiger partial charge is 0.381 e. The first kappa shape index (κ1) is 13.0. The Balaban J connectivity index is 1.81. The highest BCUT2D eigenvalue weighted by molar-refractivity contribution is 5.88. The fourth-order valence-corrected chi connectivity index (χ4v) is 3.16. The van der Waals surface area contributed by atoms with Crippen molar-refractivity contribution in [3.05, 3.63) is 0 Å². The maximum absolute atomic E-state index is 12.2. The van der Waals surface area contributed by atoms with Crippen molar-refractivity contribution in [3.8, 4) is 0 Å². The molecule has 17 heavy (non-hydrogen) atoms. The molecule has 1 aliphatic heterocycles. The Morgan fingerprint density at radius 1 is 1.29 bits per heavy atom. The Labute approximate surface area is 105 Å². The van der Waals surface area contributed by atoms with Gasteiger partial charge in [0.2, 0.25) is 0 Å². The van der Waals surface area contributed by atoms with Crippen LogP contribution in [0.15, 0.2) is 0 Å². The van der Waals surface area contributed by atoms with E-state index in [1.807, 2.05) is 0 Å². The standard InChI is InChI=1S/C14H25NO2/c1-14(2)7-4-11(13(14)16)10-15-8-5-12(17-3)6-9-15/h11-12H,4-10H2,1-3H3. The van der Waals surface area contributed by atoms with Crippen molar-refractivity contribution in [2.45, 2.75) is 45.6 Å². The lowest BCUT2D eigenvalue weighted by Crippen LogP contribution is -2.40. The fraction of sp³-hybridized carbons (Fsp3) is 0.929. The van der Waals surface area contributed by atoms with E-state index in [1.165, 1.54) is 0 Å². The van der Waals surface area contributed by atoms with Gasteiger partial charge in [-0.25, -0.2) is 0 Å². The van der Waals surface area contributed by atoms with Crippen molar-refractivity contribution < 1.29 is 9.53 Å². The van der Waals surface area contributed by atoms with Gasteiger partial charge < -0.3 is 9.64 Å². The number of piperidine rings is 1. The van der Waals surface area contributed by atoms with E-state index < -0.39 is 0 Å². The normalized spacial score (nSPS) is 31.0. The zero-order valence-electron chi connectivity index (χ0n) is 11.4. The molecule has 98 valence electrons. The average molecular weight is 239 g/mol. The van der Waals surface area contributed by atoms with Crippen molar-refractivity contribution in [1.82, 2.24) is 4.90 Å². The Kier molecular flexibility index (Phi) is 3.88. The molecular formula is C14H25NO2. The maximum Gasteiger partial charge on any atom is 0.142 e. The van der Waals surface area contributed by atoms with Gasteiger partial charge in [0.15, 0.2) is 0 Å². The van der Waals surface area contributed by atoms with Crippen LogP contribution in [0.1, 0.15) is 39.5 Å². The first-order chi connectivity index (χ1) is 8.03. The number of hydrogen-bond donors (Lipinski definition) is 0. The second-order valence-corrected chi connectivity index (χ2v) is 6.22. The Morgan fingerprint density at radius 3 is 2.41 bits per heavy atom. The maximum atomic E-state index is 12.2. The summed E-state index contributed by atoms with van der Waals surface area (Å²) in [6.45, 7) is 7.32. The summed E-state index contributed by atoms with van der Waals surface area (Å²) in [5, 5.41) is 0. The number of carbonyl (C=O) groups is 1. The molecule has 0 radical (unpaired) electrons. The van der Waals surface area contributed by atoms with Crippen LogP contribution in [0.5, 0.6) is 0 Å². The highest BCUT2D eigenvalue weighted by Gasteiger charge is 2.40. The molecule has 1 saturated carbocycles. The highest BCUT2D eigenvalue weighted by Crippen LogP contribution is 2.38. The molecule has 0 N–H and O–H groups in total. The molecule has 0 spiro atoms. The van der Waals surface area contributed by atoms with Crippen LogP contribution in [0.25, 0.3) is 0 Å². The van der Waals surface area contributed by atoms with Crippen LogP contribution >= 0.6 is 0 Å². The van der Waals surface area contributed by atoms with Gasteiger partial charge in [-0.05, 0) is 25.7 Å². The van der Waals surface area contributed by atoms with Gasteiger partial charge in [-0.15, -0.1) is 0 Å². The van der Waals surface area contributed by atoms with Gasteiger partial charge in [-0.1, -0.05) is 13.8 Å². The summed E-state index contributed by atoms with van der Waals surface area (Å²) >= 11 is 0. The molecule has 3 heteroatoms. The van der Waals surface area contributed by atoms with Crippen LogP contribution in [0.4, 0.5) is 0 Å². The molecule has 0 aromatic heterocycles. The number of ether oxygens (including phenoxy) is 1. The Bertz CT molecular complexity index is 280. The molecule has 1 unspecified atom stereocenters. The van der Waals surface area contributed by atoms with Gasteiger partial charge in [0.25, 0.3) is 0 Å². The predicted octanol–water partition coefficient (Wildman–Crippen LogP) is 2.10. The number of rotatable bonds is 3. The Hall–Kier alpha value is -0.410. The van der Waals surface area contributed by atoms with Crippen molar-refractivity contribution in [3.63, 3.8) is 0 Å². The van der Waals surface area contributed by atoms with Crippen LogP contribution in [0.3, 0.4) is 0 Å². The predicted molar refractivity (Wildman–Crippen MR) is 68.0 cm³/mol. The van der Waals surface area contributed by atoms with Crippen LogP contribution in [-0.2, 0) is 9.53 Å². The summed E-state index contributed by atoms with van der Waals surface area (Å²) in [5.41, 5.74) is -0.0739. The minimum absolute atomic E-state index is 0.0739. The third kappa shape index (κ3) is 2.89. The molecule has 2 rings (SSSR count). The van der Waals surface area contributed by atoms with Gasteiger partial charge in [0.05, 0.1) is 6.10 Å². The summed E-state index contributed by atoms with van der Waals surface area (Å²) in [7, 11) is 1.79. The quantitative estimate of drug-likeness (QED) is 0.755. The number of nitrogens with zero attached hydrogens (tertiary/aromatic N) is 1. The Morgan fingerprint density at radius 2 is 1.94 bits per heavy atom. The summed E-state index contributed by atoms with van der Waals surface area (Å²) < 4.78 is 5.37. The van der Waals surface area contributed by atoms with E-state index >= 15 is 0 Å². The average Bonchev–Trinajstić information content (AvgIpc) is 2.57. The van der Waals surface area contributed by atoms with E-state index in [9.17, 15) is 4.79 Å². The van der Waals surface area contributed by atoms with Gasteiger partial charge in [-0.3, -0.25) is 4.79 Å². The third-order valence-electron chi connectivity index (χ3n) is 4.50. The van der Waals surface area contributed by atoms with Gasteiger partial charge >= 0.3 is 0 Å². The molecule has 1 saturated heterocycles. The second kappa shape index (κ2) is 5.07. The van der Waals surface area contributed by atoms with E-state index in [4.69, 9.17) is 4.74 Å². The molecule has 1 atom stereocenters. The third-order valence-corrected chi connectivity index (χ3v) is 4.50. The van der Waals surface area contributed by atoms with Crippen LogP contribution in [0, 0.1) is 11.3 Å². The number of ketones is 1. The monoisotopic (exact) mass is 239 g/mol. The first-order valence-corrected chi connectivity index (χ1v) is 6.82. The first-order valence-electron chi connectivity index (χ1n) is 6.82. The second-order valence-electron chi connectivity index (χ2n) is 6.22. The number of methoxy groups -OCH3 is 1. The lowest BCUT2D eigenvalue weighted by molar-refractivity contribution is -0.128. The van der Waals surface area contributed by atoms with E-state index in [0.717, 1.165) is 45.3 Å². The zero-order chi connectivity index (χ0) is 12.5. The van der Waals surface area contributed by atoms with Crippen molar-refractivity contribution >= 4 is 5.78 Å². The van der Waals surface area contributed by atoms with E-state index in [1.54, 1.807) is 7.11 Å². The molecular weight excluding hydrogens is 214 g/mol. The van der Waals surface area contributed by atoms with Gasteiger partial charge in [-0.2, -0.15) is 0 Å². The molecule has 2 fully saturated rings.